The summed E-state index contributed by atoms with van der Waals surface area (Å²) in [6.07, 6.45) is 2.25. The van der Waals surface area contributed by atoms with E-state index >= 15 is 0 Å². The van der Waals surface area contributed by atoms with Gasteiger partial charge in [0.25, 0.3) is 0 Å². The molecule has 0 saturated carbocycles. The molecule has 1 aromatic heterocycles. The quantitative estimate of drug-likeness (QED) is 0.679. The second-order valence-corrected chi connectivity index (χ2v) is 5.35. The van der Waals surface area contributed by atoms with Crippen molar-refractivity contribution in [2.75, 3.05) is 22.5 Å². The van der Waals surface area contributed by atoms with Crippen LogP contribution in [0.5, 0.6) is 0 Å². The van der Waals surface area contributed by atoms with Crippen molar-refractivity contribution in [3.8, 4) is 0 Å². The molecule has 0 aliphatic carbocycles. The summed E-state index contributed by atoms with van der Waals surface area (Å²) >= 11 is 0. The zero-order chi connectivity index (χ0) is 16.7. The van der Waals surface area contributed by atoms with E-state index in [1.54, 1.807) is 0 Å². The Hall–Kier alpha value is -2.63. The predicted molar refractivity (Wildman–Crippen MR) is 94.2 cm³/mol. The molecule has 0 radical (unpaired) electrons. The lowest BCUT2D eigenvalue weighted by Gasteiger charge is -2.10. The van der Waals surface area contributed by atoms with Crippen LogP contribution in [0.3, 0.4) is 0 Å². The number of hydrogen-bond donors (Lipinski definition) is 3. The minimum absolute atomic E-state index is 0.0834. The number of nitrogens with zero attached hydrogens (tertiary/aromatic N) is 2. The van der Waals surface area contributed by atoms with Crippen LogP contribution in [-0.2, 0) is 4.79 Å². The number of anilines is 4. The molecule has 2 rings (SSSR count). The zero-order valence-corrected chi connectivity index (χ0v) is 13.8. The molecular weight excluding hydrogens is 290 g/mol. The molecule has 6 heteroatoms. The summed E-state index contributed by atoms with van der Waals surface area (Å²) in [5, 5.41) is 9.30. The molecule has 0 unspecified atom stereocenters. The van der Waals surface area contributed by atoms with Crippen LogP contribution in [0.15, 0.2) is 30.3 Å². The molecule has 23 heavy (non-hydrogen) atoms. The van der Waals surface area contributed by atoms with Crippen LogP contribution in [0.25, 0.3) is 0 Å². The Morgan fingerprint density at radius 1 is 1.09 bits per heavy atom. The molecule has 0 atom stereocenters. The van der Waals surface area contributed by atoms with Gasteiger partial charge in [0, 0.05) is 30.9 Å². The van der Waals surface area contributed by atoms with Gasteiger partial charge in [0.15, 0.2) is 0 Å². The van der Waals surface area contributed by atoms with Crippen molar-refractivity contribution < 1.29 is 4.79 Å². The fourth-order valence-corrected chi connectivity index (χ4v) is 2.10. The van der Waals surface area contributed by atoms with E-state index in [-0.39, 0.29) is 5.91 Å². The molecule has 0 bridgehead atoms. The highest BCUT2D eigenvalue weighted by molar-refractivity contribution is 5.88. The van der Waals surface area contributed by atoms with Crippen molar-refractivity contribution in [2.45, 2.75) is 33.6 Å². The molecule has 0 aliphatic heterocycles. The number of aryl methyl sites for hydroxylation is 1. The summed E-state index contributed by atoms with van der Waals surface area (Å²) in [6, 6.07) is 9.38. The molecule has 2 aromatic rings. The SMILES string of the molecule is CCCCNc1cc(Nc2ccc(NC(C)=O)cc2)nc(C)n1. The number of hydrogen-bond acceptors (Lipinski definition) is 5. The molecule has 0 saturated heterocycles. The van der Waals surface area contributed by atoms with Gasteiger partial charge in [-0.05, 0) is 37.6 Å². The van der Waals surface area contributed by atoms with E-state index in [0.29, 0.717) is 5.82 Å². The first kappa shape index (κ1) is 16.7. The molecule has 6 nitrogen and oxygen atoms in total. The topological polar surface area (TPSA) is 78.9 Å². The number of benzene rings is 1. The third kappa shape index (κ3) is 5.58. The van der Waals surface area contributed by atoms with Gasteiger partial charge in [0.05, 0.1) is 0 Å². The van der Waals surface area contributed by atoms with Crippen LogP contribution in [0.4, 0.5) is 23.0 Å². The molecule has 1 amide bonds. The number of aromatic nitrogens is 2. The molecule has 1 heterocycles. The van der Waals surface area contributed by atoms with Crippen LogP contribution in [0.2, 0.25) is 0 Å². The number of rotatable bonds is 7. The van der Waals surface area contributed by atoms with Crippen molar-refractivity contribution in [1.29, 1.82) is 0 Å². The summed E-state index contributed by atoms with van der Waals surface area (Å²) in [4.78, 5) is 19.8. The van der Waals surface area contributed by atoms with E-state index in [0.717, 1.165) is 42.4 Å². The van der Waals surface area contributed by atoms with E-state index in [1.165, 1.54) is 6.92 Å². The lowest BCUT2D eigenvalue weighted by molar-refractivity contribution is -0.114. The van der Waals surface area contributed by atoms with E-state index in [9.17, 15) is 4.79 Å². The van der Waals surface area contributed by atoms with Gasteiger partial charge in [-0.25, -0.2) is 9.97 Å². The van der Waals surface area contributed by atoms with Crippen molar-refractivity contribution in [3.05, 3.63) is 36.2 Å². The maximum Gasteiger partial charge on any atom is 0.221 e. The standard InChI is InChI=1S/C17H23N5O/c1-4-5-10-18-16-11-17(20-12(2)19-16)22-15-8-6-14(7-9-15)21-13(3)23/h6-9,11H,4-5,10H2,1-3H3,(H,21,23)(H2,18,19,20,22). The lowest BCUT2D eigenvalue weighted by Crippen LogP contribution is -2.06. The summed E-state index contributed by atoms with van der Waals surface area (Å²) < 4.78 is 0. The molecule has 0 fully saturated rings. The molecule has 0 aliphatic rings. The average molecular weight is 313 g/mol. The number of unbranched alkanes of at least 4 members (excludes halogenated alkanes) is 1. The Balaban J connectivity index is 2.05. The third-order valence-electron chi connectivity index (χ3n) is 3.15. The van der Waals surface area contributed by atoms with Gasteiger partial charge in [-0.1, -0.05) is 13.3 Å². The number of carbonyl (C=O) groups is 1. The van der Waals surface area contributed by atoms with Gasteiger partial charge < -0.3 is 16.0 Å². The van der Waals surface area contributed by atoms with Gasteiger partial charge in [-0.15, -0.1) is 0 Å². The molecule has 122 valence electrons. The Morgan fingerprint density at radius 2 is 1.74 bits per heavy atom. The maximum absolute atomic E-state index is 11.0. The van der Waals surface area contributed by atoms with Crippen LogP contribution in [0, 0.1) is 6.92 Å². The van der Waals surface area contributed by atoms with Crippen molar-refractivity contribution in [1.82, 2.24) is 9.97 Å². The van der Waals surface area contributed by atoms with Crippen LogP contribution < -0.4 is 16.0 Å². The van der Waals surface area contributed by atoms with Crippen LogP contribution in [-0.4, -0.2) is 22.4 Å². The van der Waals surface area contributed by atoms with Crippen LogP contribution in [0.1, 0.15) is 32.5 Å². The molecule has 0 spiro atoms. The van der Waals surface area contributed by atoms with E-state index in [2.05, 4.69) is 32.8 Å². The second-order valence-electron chi connectivity index (χ2n) is 5.35. The summed E-state index contributed by atoms with van der Waals surface area (Å²) in [7, 11) is 0. The van der Waals surface area contributed by atoms with E-state index < -0.39 is 0 Å². The smallest absolute Gasteiger partial charge is 0.221 e. The van der Waals surface area contributed by atoms with E-state index in [1.807, 2.05) is 37.3 Å². The fourth-order valence-electron chi connectivity index (χ4n) is 2.10. The Kier molecular flexibility index (Phi) is 5.91. The average Bonchev–Trinajstić information content (AvgIpc) is 2.48. The number of carbonyl (C=O) groups excluding carboxylic acids is 1. The molecule has 3 N–H and O–H groups in total. The first-order chi connectivity index (χ1) is 11.1. The van der Waals surface area contributed by atoms with E-state index in [4.69, 9.17) is 0 Å². The summed E-state index contributed by atoms with van der Waals surface area (Å²) in [6.45, 7) is 6.42. The zero-order valence-electron chi connectivity index (χ0n) is 13.8. The Bertz CT molecular complexity index is 655. The minimum atomic E-state index is -0.0834. The van der Waals surface area contributed by atoms with Crippen molar-refractivity contribution >= 4 is 28.9 Å². The van der Waals surface area contributed by atoms with Gasteiger partial charge in [-0.3, -0.25) is 4.79 Å². The van der Waals surface area contributed by atoms with Crippen LogP contribution >= 0.6 is 0 Å². The van der Waals surface area contributed by atoms with Gasteiger partial charge >= 0.3 is 0 Å². The molecular formula is C17H23N5O. The fraction of sp³-hybridized carbons (Fsp3) is 0.353. The normalized spacial score (nSPS) is 10.2. The predicted octanol–water partition coefficient (Wildman–Crippen LogP) is 3.70. The van der Waals surface area contributed by atoms with Crippen molar-refractivity contribution in [2.24, 2.45) is 0 Å². The monoisotopic (exact) mass is 313 g/mol. The highest BCUT2D eigenvalue weighted by Gasteiger charge is 2.03. The Labute approximate surface area is 136 Å². The lowest BCUT2D eigenvalue weighted by atomic mass is 10.2. The van der Waals surface area contributed by atoms with Gasteiger partial charge in [-0.2, -0.15) is 0 Å². The number of amides is 1. The minimum Gasteiger partial charge on any atom is -0.370 e. The largest absolute Gasteiger partial charge is 0.370 e. The first-order valence-corrected chi connectivity index (χ1v) is 7.81. The van der Waals surface area contributed by atoms with Crippen molar-refractivity contribution in [3.63, 3.8) is 0 Å². The van der Waals surface area contributed by atoms with Gasteiger partial charge in [0.1, 0.15) is 17.5 Å². The highest BCUT2D eigenvalue weighted by Crippen LogP contribution is 2.19. The third-order valence-corrected chi connectivity index (χ3v) is 3.15. The summed E-state index contributed by atoms with van der Waals surface area (Å²) in [5.41, 5.74) is 1.67. The van der Waals surface area contributed by atoms with Gasteiger partial charge in [0.2, 0.25) is 5.91 Å². The second kappa shape index (κ2) is 8.12. The Morgan fingerprint density at radius 3 is 2.39 bits per heavy atom. The first-order valence-electron chi connectivity index (χ1n) is 7.81. The highest BCUT2D eigenvalue weighted by atomic mass is 16.1. The number of nitrogens with one attached hydrogen (secondary N) is 3. The maximum atomic E-state index is 11.0. The summed E-state index contributed by atoms with van der Waals surface area (Å²) in [5.74, 6) is 2.19. The molecule has 1 aromatic carbocycles.